The number of hydrogen-bond acceptors (Lipinski definition) is 2. The summed E-state index contributed by atoms with van der Waals surface area (Å²) in [6, 6.07) is 14.4. The molecule has 0 aliphatic rings. The zero-order valence-electron chi connectivity index (χ0n) is 11.4. The molecule has 0 aliphatic heterocycles. The fraction of sp³-hybridized carbons (Fsp3) is 0.250. The molecule has 1 N–H and O–H groups in total. The van der Waals surface area contributed by atoms with Gasteiger partial charge in [-0.1, -0.05) is 40.2 Å². The smallest absolute Gasteiger partial charge is 0.130 e. The monoisotopic (exact) mass is 319 g/mol. The Morgan fingerprint density at radius 1 is 1.16 bits per heavy atom. The van der Waals surface area contributed by atoms with Crippen molar-refractivity contribution >= 4 is 15.9 Å². The van der Waals surface area contributed by atoms with Gasteiger partial charge in [0.15, 0.2) is 0 Å². The second-order valence-corrected chi connectivity index (χ2v) is 5.42. The van der Waals surface area contributed by atoms with Crippen LogP contribution >= 0.6 is 15.9 Å². The summed E-state index contributed by atoms with van der Waals surface area (Å²) in [5.41, 5.74) is 2.35. The molecular weight excluding hydrogens is 302 g/mol. The molecule has 100 valence electrons. The standard InChI is InChI=1S/C16H18BrNO/c1-11-6-4-5-7-16(11)19-13-8-9-14(12(2)18-3)15(17)10-13/h4-10,12,18H,1-3H3. The molecular formula is C16H18BrNO. The van der Waals surface area contributed by atoms with Crippen LogP contribution in [0.4, 0.5) is 0 Å². The third-order valence-corrected chi connectivity index (χ3v) is 3.88. The number of para-hydroxylation sites is 1. The van der Waals surface area contributed by atoms with Gasteiger partial charge in [0.25, 0.3) is 0 Å². The molecule has 0 spiro atoms. The van der Waals surface area contributed by atoms with E-state index in [-0.39, 0.29) is 0 Å². The Morgan fingerprint density at radius 3 is 2.53 bits per heavy atom. The van der Waals surface area contributed by atoms with Crippen LogP contribution in [0.1, 0.15) is 24.1 Å². The van der Waals surface area contributed by atoms with E-state index in [0.717, 1.165) is 21.5 Å². The Kier molecular flexibility index (Phi) is 4.61. The van der Waals surface area contributed by atoms with E-state index in [4.69, 9.17) is 4.74 Å². The maximum Gasteiger partial charge on any atom is 0.130 e. The van der Waals surface area contributed by atoms with Crippen LogP contribution in [0.5, 0.6) is 11.5 Å². The summed E-state index contributed by atoms with van der Waals surface area (Å²) >= 11 is 3.60. The zero-order chi connectivity index (χ0) is 13.8. The lowest BCUT2D eigenvalue weighted by atomic mass is 10.1. The van der Waals surface area contributed by atoms with Crippen molar-refractivity contribution in [1.82, 2.24) is 5.32 Å². The Bertz CT molecular complexity index is 568. The molecule has 1 unspecified atom stereocenters. The molecule has 0 radical (unpaired) electrons. The first-order chi connectivity index (χ1) is 9.11. The minimum Gasteiger partial charge on any atom is -0.457 e. The van der Waals surface area contributed by atoms with Crippen LogP contribution in [0, 0.1) is 6.92 Å². The number of nitrogens with one attached hydrogen (secondary N) is 1. The number of halogens is 1. The average Bonchev–Trinajstić information content (AvgIpc) is 2.41. The predicted molar refractivity (Wildman–Crippen MR) is 82.9 cm³/mol. The molecule has 0 aliphatic carbocycles. The molecule has 19 heavy (non-hydrogen) atoms. The van der Waals surface area contributed by atoms with Crippen molar-refractivity contribution in [3.63, 3.8) is 0 Å². The lowest BCUT2D eigenvalue weighted by molar-refractivity contribution is 0.478. The van der Waals surface area contributed by atoms with Crippen LogP contribution in [0.25, 0.3) is 0 Å². The van der Waals surface area contributed by atoms with Gasteiger partial charge >= 0.3 is 0 Å². The maximum absolute atomic E-state index is 5.91. The molecule has 0 aromatic heterocycles. The fourth-order valence-corrected chi connectivity index (χ4v) is 2.58. The SMILES string of the molecule is CNC(C)c1ccc(Oc2ccccc2C)cc1Br. The third-order valence-electron chi connectivity index (χ3n) is 3.19. The van der Waals surface area contributed by atoms with Crippen molar-refractivity contribution in [3.8, 4) is 11.5 Å². The van der Waals surface area contributed by atoms with Gasteiger partial charge in [0.2, 0.25) is 0 Å². The lowest BCUT2D eigenvalue weighted by Crippen LogP contribution is -2.12. The van der Waals surface area contributed by atoms with Gasteiger partial charge in [-0.3, -0.25) is 0 Å². The lowest BCUT2D eigenvalue weighted by Gasteiger charge is -2.14. The number of rotatable bonds is 4. The van der Waals surface area contributed by atoms with E-state index in [1.165, 1.54) is 5.56 Å². The van der Waals surface area contributed by atoms with E-state index in [2.05, 4.69) is 34.2 Å². The summed E-state index contributed by atoms with van der Waals surface area (Å²) in [5, 5.41) is 3.23. The van der Waals surface area contributed by atoms with Crippen LogP contribution in [-0.2, 0) is 0 Å². The Balaban J connectivity index is 2.24. The fourth-order valence-electron chi connectivity index (χ4n) is 1.88. The molecule has 0 bridgehead atoms. The molecule has 3 heteroatoms. The first-order valence-electron chi connectivity index (χ1n) is 6.32. The van der Waals surface area contributed by atoms with E-state index in [0.29, 0.717) is 6.04 Å². The van der Waals surface area contributed by atoms with Crippen molar-refractivity contribution in [2.24, 2.45) is 0 Å². The van der Waals surface area contributed by atoms with Gasteiger partial charge < -0.3 is 10.1 Å². The zero-order valence-corrected chi connectivity index (χ0v) is 13.0. The van der Waals surface area contributed by atoms with Crippen LogP contribution < -0.4 is 10.1 Å². The molecule has 2 aromatic carbocycles. The van der Waals surface area contributed by atoms with Gasteiger partial charge in [-0.2, -0.15) is 0 Å². The number of aryl methyl sites for hydroxylation is 1. The van der Waals surface area contributed by atoms with Crippen molar-refractivity contribution in [2.75, 3.05) is 7.05 Å². The van der Waals surface area contributed by atoms with Crippen molar-refractivity contribution in [3.05, 3.63) is 58.1 Å². The Morgan fingerprint density at radius 2 is 1.89 bits per heavy atom. The van der Waals surface area contributed by atoms with E-state index < -0.39 is 0 Å². The Labute approximate surface area is 122 Å². The third kappa shape index (κ3) is 3.37. The minimum atomic E-state index is 0.307. The minimum absolute atomic E-state index is 0.307. The molecule has 1 atom stereocenters. The molecule has 0 amide bonds. The summed E-state index contributed by atoms with van der Waals surface area (Å²) in [5.74, 6) is 1.73. The summed E-state index contributed by atoms with van der Waals surface area (Å²) in [6.07, 6.45) is 0. The number of hydrogen-bond donors (Lipinski definition) is 1. The summed E-state index contributed by atoms with van der Waals surface area (Å²) < 4.78 is 6.96. The Hall–Kier alpha value is -1.32. The molecule has 0 heterocycles. The number of ether oxygens (including phenoxy) is 1. The first-order valence-corrected chi connectivity index (χ1v) is 7.11. The molecule has 0 saturated heterocycles. The highest BCUT2D eigenvalue weighted by Crippen LogP contribution is 2.31. The van der Waals surface area contributed by atoms with Crippen molar-refractivity contribution in [2.45, 2.75) is 19.9 Å². The van der Waals surface area contributed by atoms with Gasteiger partial charge in [0.1, 0.15) is 11.5 Å². The first kappa shape index (κ1) is 14.1. The van der Waals surface area contributed by atoms with Gasteiger partial charge in [0.05, 0.1) is 0 Å². The van der Waals surface area contributed by atoms with Gasteiger partial charge in [-0.25, -0.2) is 0 Å². The highest BCUT2D eigenvalue weighted by atomic mass is 79.9. The molecule has 2 rings (SSSR count). The topological polar surface area (TPSA) is 21.3 Å². The summed E-state index contributed by atoms with van der Waals surface area (Å²) in [4.78, 5) is 0. The quantitative estimate of drug-likeness (QED) is 0.871. The summed E-state index contributed by atoms with van der Waals surface area (Å²) in [7, 11) is 1.95. The maximum atomic E-state index is 5.91. The molecule has 2 aromatic rings. The van der Waals surface area contributed by atoms with Crippen molar-refractivity contribution in [1.29, 1.82) is 0 Å². The second-order valence-electron chi connectivity index (χ2n) is 4.56. The molecule has 2 nitrogen and oxygen atoms in total. The second kappa shape index (κ2) is 6.22. The summed E-state index contributed by atoms with van der Waals surface area (Å²) in [6.45, 7) is 4.17. The average molecular weight is 320 g/mol. The molecule has 0 saturated carbocycles. The van der Waals surface area contributed by atoms with Crippen LogP contribution in [0.3, 0.4) is 0 Å². The van der Waals surface area contributed by atoms with E-state index >= 15 is 0 Å². The molecule has 0 fully saturated rings. The highest BCUT2D eigenvalue weighted by Gasteiger charge is 2.09. The van der Waals surface area contributed by atoms with Crippen molar-refractivity contribution < 1.29 is 4.74 Å². The van der Waals surface area contributed by atoms with E-state index in [1.807, 2.05) is 50.4 Å². The van der Waals surface area contributed by atoms with Gasteiger partial charge in [-0.15, -0.1) is 0 Å². The van der Waals surface area contributed by atoms with Crippen LogP contribution in [0.15, 0.2) is 46.9 Å². The van der Waals surface area contributed by atoms with Crippen LogP contribution in [-0.4, -0.2) is 7.05 Å². The van der Waals surface area contributed by atoms with Gasteiger partial charge in [-0.05, 0) is 50.2 Å². The van der Waals surface area contributed by atoms with Gasteiger partial charge in [0, 0.05) is 10.5 Å². The highest BCUT2D eigenvalue weighted by molar-refractivity contribution is 9.10. The normalized spacial score (nSPS) is 12.2. The largest absolute Gasteiger partial charge is 0.457 e. The van der Waals surface area contributed by atoms with E-state index in [1.54, 1.807) is 0 Å². The number of benzene rings is 2. The van der Waals surface area contributed by atoms with E-state index in [9.17, 15) is 0 Å². The predicted octanol–water partition coefficient (Wildman–Crippen LogP) is 4.83. The van der Waals surface area contributed by atoms with Crippen LogP contribution in [0.2, 0.25) is 0 Å².